The van der Waals surface area contributed by atoms with Crippen LogP contribution in [-0.4, -0.2) is 10.8 Å². The second-order valence-electron chi connectivity index (χ2n) is 4.95. The molecule has 1 unspecified atom stereocenters. The van der Waals surface area contributed by atoms with Gasteiger partial charge in [0.2, 0.25) is 0 Å². The van der Waals surface area contributed by atoms with Crippen LogP contribution < -0.4 is 10.9 Å². The predicted molar refractivity (Wildman–Crippen MR) is 79.8 cm³/mol. The lowest BCUT2D eigenvalue weighted by Crippen LogP contribution is -2.32. The van der Waals surface area contributed by atoms with Crippen LogP contribution in [0.2, 0.25) is 0 Å². The average molecular weight is 300 g/mol. The summed E-state index contributed by atoms with van der Waals surface area (Å²) in [6.45, 7) is 1.87. The van der Waals surface area contributed by atoms with E-state index in [0.29, 0.717) is 5.84 Å². The summed E-state index contributed by atoms with van der Waals surface area (Å²) in [6.07, 6.45) is -0.431. The first-order chi connectivity index (χ1) is 10.5. The van der Waals surface area contributed by atoms with Gasteiger partial charge in [-0.05, 0) is 36.8 Å². The molecule has 112 valence electrons. The van der Waals surface area contributed by atoms with E-state index in [1.807, 2.05) is 6.92 Å². The first-order valence-electron chi connectivity index (χ1n) is 6.65. The fraction of sp³-hybridized carbons (Fsp3) is 0.133. The van der Waals surface area contributed by atoms with E-state index in [1.165, 1.54) is 24.3 Å². The molecule has 3 rings (SSSR count). The Bertz CT molecular complexity index is 759. The van der Waals surface area contributed by atoms with E-state index in [0.717, 1.165) is 16.7 Å². The van der Waals surface area contributed by atoms with Crippen LogP contribution in [-0.2, 0) is 0 Å². The SMILES string of the molecule is Cc1ccc([N+](=O)[O-])cc1C1N=C(c2ccc(F)cc2)NN1. The van der Waals surface area contributed by atoms with Crippen LogP contribution in [0.4, 0.5) is 10.1 Å². The Balaban J connectivity index is 1.92. The highest BCUT2D eigenvalue weighted by Gasteiger charge is 2.22. The van der Waals surface area contributed by atoms with Gasteiger partial charge in [0.05, 0.1) is 4.92 Å². The molecule has 0 aromatic heterocycles. The highest BCUT2D eigenvalue weighted by molar-refractivity contribution is 5.99. The maximum absolute atomic E-state index is 12.9. The molecule has 0 radical (unpaired) electrons. The van der Waals surface area contributed by atoms with Crippen molar-refractivity contribution in [1.82, 2.24) is 10.9 Å². The molecule has 1 heterocycles. The molecule has 2 N–H and O–H groups in total. The van der Waals surface area contributed by atoms with Gasteiger partial charge in [-0.25, -0.2) is 14.8 Å². The van der Waals surface area contributed by atoms with Crippen LogP contribution in [0.15, 0.2) is 47.5 Å². The minimum atomic E-state index is -0.435. The number of nitro benzene ring substituents is 1. The summed E-state index contributed by atoms with van der Waals surface area (Å²) < 4.78 is 12.9. The number of hydrogen-bond donors (Lipinski definition) is 2. The molecule has 0 spiro atoms. The van der Waals surface area contributed by atoms with E-state index < -0.39 is 11.1 Å². The molecule has 22 heavy (non-hydrogen) atoms. The topological polar surface area (TPSA) is 79.6 Å². The van der Waals surface area contributed by atoms with Gasteiger partial charge in [-0.2, -0.15) is 0 Å². The Hall–Kier alpha value is -2.80. The lowest BCUT2D eigenvalue weighted by molar-refractivity contribution is -0.384. The van der Waals surface area contributed by atoms with Gasteiger partial charge < -0.3 is 5.43 Å². The van der Waals surface area contributed by atoms with Crippen LogP contribution in [0.1, 0.15) is 22.9 Å². The number of nitrogens with zero attached hydrogens (tertiary/aromatic N) is 2. The summed E-state index contributed by atoms with van der Waals surface area (Å²) in [6, 6.07) is 10.6. The Morgan fingerprint density at radius 2 is 1.95 bits per heavy atom. The number of nitro groups is 1. The summed E-state index contributed by atoms with van der Waals surface area (Å²) in [5.74, 6) is 0.247. The second-order valence-corrected chi connectivity index (χ2v) is 4.95. The molecule has 2 aromatic rings. The minimum absolute atomic E-state index is 0.0211. The summed E-state index contributed by atoms with van der Waals surface area (Å²) in [5, 5.41) is 10.9. The lowest BCUT2D eigenvalue weighted by Gasteiger charge is -2.10. The molecule has 1 aliphatic rings. The van der Waals surface area contributed by atoms with E-state index in [2.05, 4.69) is 15.8 Å². The Morgan fingerprint density at radius 3 is 2.64 bits per heavy atom. The normalized spacial score (nSPS) is 17.0. The molecule has 0 amide bonds. The molecule has 1 aliphatic heterocycles. The number of nitrogens with one attached hydrogen (secondary N) is 2. The lowest BCUT2D eigenvalue weighted by atomic mass is 10.1. The van der Waals surface area contributed by atoms with Crippen molar-refractivity contribution >= 4 is 11.5 Å². The number of rotatable bonds is 3. The fourth-order valence-corrected chi connectivity index (χ4v) is 2.27. The Morgan fingerprint density at radius 1 is 1.23 bits per heavy atom. The number of amidine groups is 1. The molecule has 2 aromatic carbocycles. The van der Waals surface area contributed by atoms with Crippen LogP contribution in [0, 0.1) is 22.9 Å². The Kier molecular flexibility index (Phi) is 3.56. The van der Waals surface area contributed by atoms with Gasteiger partial charge >= 0.3 is 0 Å². The molecule has 6 nitrogen and oxygen atoms in total. The summed E-state index contributed by atoms with van der Waals surface area (Å²) >= 11 is 0. The van der Waals surface area contributed by atoms with Gasteiger partial charge in [-0.15, -0.1) is 0 Å². The van der Waals surface area contributed by atoms with E-state index in [1.54, 1.807) is 18.2 Å². The number of hydrogen-bond acceptors (Lipinski definition) is 5. The van der Waals surface area contributed by atoms with E-state index in [9.17, 15) is 14.5 Å². The largest absolute Gasteiger partial charge is 0.303 e. The molecule has 0 saturated carbocycles. The van der Waals surface area contributed by atoms with E-state index in [-0.39, 0.29) is 11.5 Å². The predicted octanol–water partition coefficient (Wildman–Crippen LogP) is 2.60. The number of non-ortho nitro benzene ring substituents is 1. The second kappa shape index (κ2) is 5.53. The first kappa shape index (κ1) is 14.2. The molecule has 0 fully saturated rings. The van der Waals surface area contributed by atoms with E-state index >= 15 is 0 Å². The molecule has 7 heteroatoms. The van der Waals surface area contributed by atoms with Crippen molar-refractivity contribution in [1.29, 1.82) is 0 Å². The van der Waals surface area contributed by atoms with Gasteiger partial charge in [-0.3, -0.25) is 10.1 Å². The summed E-state index contributed by atoms with van der Waals surface area (Å²) in [7, 11) is 0. The van der Waals surface area contributed by atoms with Crippen molar-refractivity contribution in [3.63, 3.8) is 0 Å². The van der Waals surface area contributed by atoms with Crippen molar-refractivity contribution in [2.45, 2.75) is 13.1 Å². The zero-order valence-corrected chi connectivity index (χ0v) is 11.7. The molecule has 0 aliphatic carbocycles. The molecular formula is C15H13FN4O2. The van der Waals surface area contributed by atoms with Gasteiger partial charge in [-0.1, -0.05) is 6.07 Å². The standard InChI is InChI=1S/C15H13FN4O2/c1-9-2-7-12(20(21)22)8-13(9)15-17-14(18-19-15)10-3-5-11(16)6-4-10/h2-8,15,19H,1H3,(H,17,18). The summed E-state index contributed by atoms with van der Waals surface area (Å²) in [4.78, 5) is 14.9. The molecule has 1 atom stereocenters. The van der Waals surface area contributed by atoms with Crippen molar-refractivity contribution in [2.24, 2.45) is 4.99 Å². The maximum Gasteiger partial charge on any atom is 0.269 e. The molecule has 0 bridgehead atoms. The van der Waals surface area contributed by atoms with Crippen LogP contribution in [0.5, 0.6) is 0 Å². The van der Waals surface area contributed by atoms with Crippen LogP contribution in [0.3, 0.4) is 0 Å². The Labute approximate surface area is 125 Å². The number of hydrazine groups is 1. The molecular weight excluding hydrogens is 287 g/mol. The van der Waals surface area contributed by atoms with Crippen LogP contribution in [0.25, 0.3) is 0 Å². The minimum Gasteiger partial charge on any atom is -0.303 e. The third-order valence-corrected chi connectivity index (χ3v) is 3.47. The van der Waals surface area contributed by atoms with Gasteiger partial charge in [0.25, 0.3) is 5.69 Å². The number of aryl methyl sites for hydroxylation is 1. The third-order valence-electron chi connectivity index (χ3n) is 3.47. The van der Waals surface area contributed by atoms with E-state index in [4.69, 9.17) is 0 Å². The van der Waals surface area contributed by atoms with Crippen molar-refractivity contribution in [3.8, 4) is 0 Å². The first-order valence-corrected chi connectivity index (χ1v) is 6.65. The van der Waals surface area contributed by atoms with Crippen LogP contribution >= 0.6 is 0 Å². The quantitative estimate of drug-likeness (QED) is 0.674. The highest BCUT2D eigenvalue weighted by atomic mass is 19.1. The number of aliphatic imine (C=N–C) groups is 1. The van der Waals surface area contributed by atoms with Gasteiger partial charge in [0.15, 0.2) is 0 Å². The molecule has 0 saturated heterocycles. The zero-order valence-electron chi connectivity index (χ0n) is 11.7. The van der Waals surface area contributed by atoms with Gasteiger partial charge in [0, 0.05) is 23.3 Å². The fourth-order valence-electron chi connectivity index (χ4n) is 2.27. The summed E-state index contributed by atoms with van der Waals surface area (Å²) in [5.41, 5.74) is 8.27. The van der Waals surface area contributed by atoms with Gasteiger partial charge in [0.1, 0.15) is 17.8 Å². The number of benzene rings is 2. The van der Waals surface area contributed by atoms with Crippen molar-refractivity contribution in [3.05, 3.63) is 75.1 Å². The third kappa shape index (κ3) is 2.66. The monoisotopic (exact) mass is 300 g/mol. The smallest absolute Gasteiger partial charge is 0.269 e. The highest BCUT2D eigenvalue weighted by Crippen LogP contribution is 2.26. The van der Waals surface area contributed by atoms with Crippen molar-refractivity contribution < 1.29 is 9.31 Å². The van der Waals surface area contributed by atoms with Crippen molar-refractivity contribution in [2.75, 3.05) is 0 Å². The maximum atomic E-state index is 12.9. The zero-order chi connectivity index (χ0) is 15.7. The number of halogens is 1. The average Bonchev–Trinajstić information content (AvgIpc) is 2.98.